The van der Waals surface area contributed by atoms with Crippen molar-refractivity contribution in [3.8, 4) is 0 Å². The summed E-state index contributed by atoms with van der Waals surface area (Å²) in [6.07, 6.45) is 0. The molecule has 0 aromatic heterocycles. The van der Waals surface area contributed by atoms with Crippen LogP contribution in [0.4, 0.5) is 5.69 Å². The molecule has 18 heavy (non-hydrogen) atoms. The number of nitrogens with zero attached hydrogens (tertiary/aromatic N) is 2. The van der Waals surface area contributed by atoms with Gasteiger partial charge >= 0.3 is 0 Å². The number of hydrogen-bond donors (Lipinski definition) is 1. The van der Waals surface area contributed by atoms with E-state index < -0.39 is 0 Å². The molecule has 100 valence electrons. The number of anilines is 1. The van der Waals surface area contributed by atoms with E-state index in [0.29, 0.717) is 6.04 Å². The Balaban J connectivity index is 2.14. The highest BCUT2D eigenvalue weighted by molar-refractivity contribution is 5.49. The summed E-state index contributed by atoms with van der Waals surface area (Å²) in [6.45, 7) is 7.78. The lowest BCUT2D eigenvalue weighted by atomic mass is 9.96. The van der Waals surface area contributed by atoms with E-state index in [2.05, 4.69) is 73.4 Å². The van der Waals surface area contributed by atoms with E-state index in [1.54, 1.807) is 0 Å². The lowest BCUT2D eigenvalue weighted by Crippen LogP contribution is -2.64. The maximum Gasteiger partial charge on any atom is 0.0471 e. The van der Waals surface area contributed by atoms with Gasteiger partial charge in [0.05, 0.1) is 0 Å². The van der Waals surface area contributed by atoms with Crippen LogP contribution in [-0.4, -0.2) is 50.2 Å². The Morgan fingerprint density at radius 3 is 2.56 bits per heavy atom. The van der Waals surface area contributed by atoms with Gasteiger partial charge in [-0.05, 0) is 40.1 Å². The van der Waals surface area contributed by atoms with Gasteiger partial charge in [-0.25, -0.2) is 0 Å². The standard InChI is InChI=1S/C15H25N3/c1-15(2)12-16-13(10-17(3)4)11-18(15)14-8-6-5-7-9-14/h5-9,13,16H,10-12H2,1-4H3. The van der Waals surface area contributed by atoms with Gasteiger partial charge in [0, 0.05) is 36.9 Å². The third kappa shape index (κ3) is 3.03. The number of piperazine rings is 1. The van der Waals surface area contributed by atoms with Crippen molar-refractivity contribution >= 4 is 5.69 Å². The molecule has 1 aromatic rings. The third-order valence-corrected chi connectivity index (χ3v) is 3.61. The number of hydrogen-bond acceptors (Lipinski definition) is 3. The highest BCUT2D eigenvalue weighted by atomic mass is 15.3. The number of rotatable bonds is 3. The van der Waals surface area contributed by atoms with E-state index in [9.17, 15) is 0 Å². The Morgan fingerprint density at radius 2 is 1.94 bits per heavy atom. The summed E-state index contributed by atoms with van der Waals surface area (Å²) in [6, 6.07) is 11.3. The van der Waals surface area contributed by atoms with Gasteiger partial charge in [0.1, 0.15) is 0 Å². The third-order valence-electron chi connectivity index (χ3n) is 3.61. The molecule has 1 aromatic carbocycles. The zero-order valence-electron chi connectivity index (χ0n) is 12.0. The van der Waals surface area contributed by atoms with Gasteiger partial charge in [0.25, 0.3) is 0 Å². The van der Waals surface area contributed by atoms with E-state index in [4.69, 9.17) is 0 Å². The van der Waals surface area contributed by atoms with E-state index in [0.717, 1.165) is 19.6 Å². The molecule has 1 aliphatic rings. The van der Waals surface area contributed by atoms with Crippen molar-refractivity contribution in [2.45, 2.75) is 25.4 Å². The summed E-state index contributed by atoms with van der Waals surface area (Å²) in [4.78, 5) is 4.77. The van der Waals surface area contributed by atoms with Crippen LogP contribution in [0, 0.1) is 0 Å². The Morgan fingerprint density at radius 1 is 1.28 bits per heavy atom. The van der Waals surface area contributed by atoms with Crippen LogP contribution in [0.5, 0.6) is 0 Å². The molecular formula is C15H25N3. The van der Waals surface area contributed by atoms with Crippen molar-refractivity contribution in [2.75, 3.05) is 38.6 Å². The Hall–Kier alpha value is -1.06. The molecule has 0 saturated carbocycles. The van der Waals surface area contributed by atoms with E-state index in [1.807, 2.05) is 0 Å². The second-order valence-corrected chi connectivity index (χ2v) is 6.10. The average molecular weight is 247 g/mol. The molecule has 1 N–H and O–H groups in total. The number of likely N-dealkylation sites (N-methyl/N-ethyl adjacent to an activating group) is 1. The Kier molecular flexibility index (Phi) is 3.93. The van der Waals surface area contributed by atoms with Crippen LogP contribution >= 0.6 is 0 Å². The van der Waals surface area contributed by atoms with Crippen LogP contribution in [0.15, 0.2) is 30.3 Å². The second-order valence-electron chi connectivity index (χ2n) is 6.10. The van der Waals surface area contributed by atoms with Crippen molar-refractivity contribution in [3.63, 3.8) is 0 Å². The lowest BCUT2D eigenvalue weighted by Gasteiger charge is -2.48. The summed E-state index contributed by atoms with van der Waals surface area (Å²) >= 11 is 0. The molecular weight excluding hydrogens is 222 g/mol. The predicted molar refractivity (Wildman–Crippen MR) is 78.2 cm³/mol. The smallest absolute Gasteiger partial charge is 0.0471 e. The normalized spacial score (nSPS) is 23.4. The monoisotopic (exact) mass is 247 g/mol. The minimum absolute atomic E-state index is 0.171. The van der Waals surface area contributed by atoms with E-state index in [-0.39, 0.29) is 5.54 Å². The molecule has 0 radical (unpaired) electrons. The fraction of sp³-hybridized carbons (Fsp3) is 0.600. The van der Waals surface area contributed by atoms with Gasteiger partial charge in [-0.3, -0.25) is 0 Å². The summed E-state index contributed by atoms with van der Waals surface area (Å²) < 4.78 is 0. The van der Waals surface area contributed by atoms with Gasteiger partial charge in [0.2, 0.25) is 0 Å². The number of para-hydroxylation sites is 1. The van der Waals surface area contributed by atoms with Crippen LogP contribution in [0.25, 0.3) is 0 Å². The molecule has 3 heteroatoms. The van der Waals surface area contributed by atoms with E-state index in [1.165, 1.54) is 5.69 Å². The quantitative estimate of drug-likeness (QED) is 0.879. The van der Waals surface area contributed by atoms with Gasteiger partial charge < -0.3 is 15.1 Å². The summed E-state index contributed by atoms with van der Waals surface area (Å²) in [5.41, 5.74) is 1.50. The Bertz CT molecular complexity index is 373. The van der Waals surface area contributed by atoms with Gasteiger partial charge in [0.15, 0.2) is 0 Å². The zero-order chi connectivity index (χ0) is 13.2. The average Bonchev–Trinajstić information content (AvgIpc) is 2.32. The summed E-state index contributed by atoms with van der Waals surface area (Å²) in [5.74, 6) is 0. The van der Waals surface area contributed by atoms with Gasteiger partial charge in [-0.2, -0.15) is 0 Å². The molecule has 1 fully saturated rings. The van der Waals surface area contributed by atoms with Crippen molar-refractivity contribution < 1.29 is 0 Å². The molecule has 1 heterocycles. The molecule has 2 rings (SSSR count). The molecule has 3 nitrogen and oxygen atoms in total. The first-order valence-corrected chi connectivity index (χ1v) is 6.70. The maximum absolute atomic E-state index is 3.66. The van der Waals surface area contributed by atoms with Crippen LogP contribution in [0.2, 0.25) is 0 Å². The molecule has 0 bridgehead atoms. The highest BCUT2D eigenvalue weighted by Gasteiger charge is 2.33. The molecule has 0 spiro atoms. The molecule has 1 aliphatic heterocycles. The molecule has 1 atom stereocenters. The maximum atomic E-state index is 3.66. The number of nitrogens with one attached hydrogen (secondary N) is 1. The van der Waals surface area contributed by atoms with Crippen LogP contribution in [-0.2, 0) is 0 Å². The van der Waals surface area contributed by atoms with Crippen molar-refractivity contribution in [2.24, 2.45) is 0 Å². The largest absolute Gasteiger partial charge is 0.364 e. The zero-order valence-corrected chi connectivity index (χ0v) is 12.0. The predicted octanol–water partition coefficient (Wildman–Crippen LogP) is 1.80. The first kappa shape index (κ1) is 13.4. The second kappa shape index (κ2) is 5.29. The molecule has 1 unspecified atom stereocenters. The van der Waals surface area contributed by atoms with E-state index >= 15 is 0 Å². The SMILES string of the molecule is CN(C)CC1CN(c2ccccc2)C(C)(C)CN1. The van der Waals surface area contributed by atoms with Crippen molar-refractivity contribution in [3.05, 3.63) is 30.3 Å². The summed E-state index contributed by atoms with van der Waals surface area (Å²) in [5, 5.41) is 3.66. The molecule has 0 amide bonds. The minimum atomic E-state index is 0.171. The van der Waals surface area contributed by atoms with Crippen LogP contribution in [0.1, 0.15) is 13.8 Å². The fourth-order valence-electron chi connectivity index (χ4n) is 2.65. The topological polar surface area (TPSA) is 18.5 Å². The Labute approximate surface area is 111 Å². The summed E-state index contributed by atoms with van der Waals surface area (Å²) in [7, 11) is 4.27. The minimum Gasteiger partial charge on any atom is -0.364 e. The molecule has 1 saturated heterocycles. The lowest BCUT2D eigenvalue weighted by molar-refractivity contribution is 0.270. The van der Waals surface area contributed by atoms with Crippen LogP contribution in [0.3, 0.4) is 0 Å². The molecule has 0 aliphatic carbocycles. The van der Waals surface area contributed by atoms with Crippen LogP contribution < -0.4 is 10.2 Å². The first-order valence-electron chi connectivity index (χ1n) is 6.70. The van der Waals surface area contributed by atoms with Crippen molar-refractivity contribution in [1.82, 2.24) is 10.2 Å². The highest BCUT2D eigenvalue weighted by Crippen LogP contribution is 2.26. The number of benzene rings is 1. The van der Waals surface area contributed by atoms with Crippen molar-refractivity contribution in [1.29, 1.82) is 0 Å². The fourth-order valence-corrected chi connectivity index (χ4v) is 2.65. The van der Waals surface area contributed by atoms with Gasteiger partial charge in [-0.1, -0.05) is 18.2 Å². The van der Waals surface area contributed by atoms with Gasteiger partial charge in [-0.15, -0.1) is 0 Å². The first-order chi connectivity index (χ1) is 8.49.